The van der Waals surface area contributed by atoms with Gasteiger partial charge in [-0.25, -0.2) is 0 Å². The van der Waals surface area contributed by atoms with Crippen molar-refractivity contribution in [3.8, 4) is 0 Å². The van der Waals surface area contributed by atoms with Crippen LogP contribution in [0.2, 0.25) is 0 Å². The molecule has 3 heteroatoms. The van der Waals surface area contributed by atoms with Crippen molar-refractivity contribution in [2.75, 3.05) is 39.3 Å². The number of hydrogen-bond acceptors (Lipinski definition) is 3. The molecular weight excluding hydrogens is 258 g/mol. The normalized spacial score (nSPS) is 27.0. The van der Waals surface area contributed by atoms with Gasteiger partial charge in [-0.05, 0) is 49.9 Å². The average Bonchev–Trinajstić information content (AvgIpc) is 2.85. The average molecular weight is 285 g/mol. The van der Waals surface area contributed by atoms with Crippen LogP contribution in [-0.2, 0) is 6.54 Å². The molecule has 1 aromatic rings. The van der Waals surface area contributed by atoms with Crippen LogP contribution in [0.1, 0.15) is 24.8 Å². The first-order valence-electron chi connectivity index (χ1n) is 8.54. The molecule has 0 aliphatic carbocycles. The van der Waals surface area contributed by atoms with Gasteiger partial charge < -0.3 is 5.32 Å². The van der Waals surface area contributed by atoms with Crippen LogP contribution in [0.15, 0.2) is 30.3 Å². The number of rotatable bonds is 3. The second kappa shape index (κ2) is 5.71. The minimum absolute atomic E-state index is 0.642. The Bertz CT molecular complexity index is 461. The second-order valence-corrected chi connectivity index (χ2v) is 7.29. The highest BCUT2D eigenvalue weighted by atomic mass is 15.3. The highest BCUT2D eigenvalue weighted by Gasteiger charge is 2.43. The molecule has 4 rings (SSSR count). The summed E-state index contributed by atoms with van der Waals surface area (Å²) < 4.78 is 0. The lowest BCUT2D eigenvalue weighted by Gasteiger charge is -2.41. The van der Waals surface area contributed by atoms with Crippen molar-refractivity contribution in [3.63, 3.8) is 0 Å². The Labute approximate surface area is 128 Å². The molecule has 0 radical (unpaired) electrons. The zero-order valence-corrected chi connectivity index (χ0v) is 12.9. The topological polar surface area (TPSA) is 18.5 Å². The molecule has 1 N–H and O–H groups in total. The molecule has 3 fully saturated rings. The maximum Gasteiger partial charge on any atom is 0.0345 e. The van der Waals surface area contributed by atoms with Gasteiger partial charge in [-0.3, -0.25) is 9.80 Å². The Hall–Kier alpha value is -0.900. The first-order chi connectivity index (χ1) is 10.3. The largest absolute Gasteiger partial charge is 0.314 e. The SMILES string of the molecule is c1ccc(CN2CCC3(CC2)CCN(C2CNC2)C3)cc1. The molecular formula is C18H27N3. The summed E-state index contributed by atoms with van der Waals surface area (Å²) in [4.78, 5) is 5.40. The molecule has 3 nitrogen and oxygen atoms in total. The van der Waals surface area contributed by atoms with E-state index in [1.54, 1.807) is 0 Å². The minimum atomic E-state index is 0.642. The van der Waals surface area contributed by atoms with Gasteiger partial charge in [0, 0.05) is 32.2 Å². The summed E-state index contributed by atoms with van der Waals surface area (Å²) in [6.07, 6.45) is 4.23. The van der Waals surface area contributed by atoms with E-state index in [-0.39, 0.29) is 0 Å². The van der Waals surface area contributed by atoms with Crippen molar-refractivity contribution in [2.24, 2.45) is 5.41 Å². The van der Waals surface area contributed by atoms with Crippen molar-refractivity contribution in [1.82, 2.24) is 15.1 Å². The number of likely N-dealkylation sites (tertiary alicyclic amines) is 2. The smallest absolute Gasteiger partial charge is 0.0345 e. The third-order valence-electron chi connectivity index (χ3n) is 5.91. The van der Waals surface area contributed by atoms with Crippen molar-refractivity contribution < 1.29 is 0 Å². The Morgan fingerprint density at radius 3 is 2.38 bits per heavy atom. The summed E-state index contributed by atoms with van der Waals surface area (Å²) in [5.74, 6) is 0. The molecule has 0 bridgehead atoms. The van der Waals surface area contributed by atoms with Crippen LogP contribution in [0.3, 0.4) is 0 Å². The molecule has 0 amide bonds. The molecule has 0 saturated carbocycles. The van der Waals surface area contributed by atoms with Crippen molar-refractivity contribution >= 4 is 0 Å². The quantitative estimate of drug-likeness (QED) is 0.916. The fraction of sp³-hybridized carbons (Fsp3) is 0.667. The van der Waals surface area contributed by atoms with E-state index in [2.05, 4.69) is 45.4 Å². The fourth-order valence-electron chi connectivity index (χ4n) is 4.25. The Balaban J connectivity index is 1.30. The standard InChI is InChI=1S/C18H27N3/c1-2-4-16(5-3-1)14-20-9-6-18(7-10-20)8-11-21(15-18)17-12-19-13-17/h1-5,17,19H,6-15H2. The summed E-state index contributed by atoms with van der Waals surface area (Å²) in [7, 11) is 0. The van der Waals surface area contributed by atoms with Crippen LogP contribution in [0.25, 0.3) is 0 Å². The van der Waals surface area contributed by atoms with Crippen LogP contribution in [0.5, 0.6) is 0 Å². The van der Waals surface area contributed by atoms with Gasteiger partial charge in [0.15, 0.2) is 0 Å². The summed E-state index contributed by atoms with van der Waals surface area (Å²) in [6, 6.07) is 11.8. The summed E-state index contributed by atoms with van der Waals surface area (Å²) >= 11 is 0. The monoisotopic (exact) mass is 285 g/mol. The van der Waals surface area contributed by atoms with Crippen molar-refractivity contribution in [1.29, 1.82) is 0 Å². The number of nitrogens with zero attached hydrogens (tertiary/aromatic N) is 2. The first kappa shape index (κ1) is 13.7. The fourth-order valence-corrected chi connectivity index (χ4v) is 4.25. The van der Waals surface area contributed by atoms with Crippen LogP contribution in [0, 0.1) is 5.41 Å². The first-order valence-corrected chi connectivity index (χ1v) is 8.54. The predicted molar refractivity (Wildman–Crippen MR) is 86.2 cm³/mol. The number of hydrogen-bond donors (Lipinski definition) is 1. The van der Waals surface area contributed by atoms with Gasteiger partial charge in [0.05, 0.1) is 0 Å². The van der Waals surface area contributed by atoms with Crippen LogP contribution < -0.4 is 5.32 Å². The lowest BCUT2D eigenvalue weighted by Crippen LogP contribution is -2.57. The van der Waals surface area contributed by atoms with Crippen LogP contribution in [-0.4, -0.2) is 55.1 Å². The van der Waals surface area contributed by atoms with Crippen molar-refractivity contribution in [2.45, 2.75) is 31.8 Å². The molecule has 0 unspecified atom stereocenters. The molecule has 3 saturated heterocycles. The zero-order chi connectivity index (χ0) is 14.1. The number of piperidine rings is 1. The molecule has 3 aliphatic heterocycles. The summed E-state index contributed by atoms with van der Waals surface area (Å²) in [5, 5.41) is 3.41. The van der Waals surface area contributed by atoms with Gasteiger partial charge in [0.2, 0.25) is 0 Å². The van der Waals surface area contributed by atoms with E-state index in [1.807, 2.05) is 0 Å². The van der Waals surface area contributed by atoms with Gasteiger partial charge in [-0.2, -0.15) is 0 Å². The number of benzene rings is 1. The molecule has 1 spiro atoms. The van der Waals surface area contributed by atoms with E-state index in [4.69, 9.17) is 0 Å². The van der Waals surface area contributed by atoms with Crippen LogP contribution in [0.4, 0.5) is 0 Å². The van der Waals surface area contributed by atoms with Gasteiger partial charge >= 0.3 is 0 Å². The Kier molecular flexibility index (Phi) is 3.74. The van der Waals surface area contributed by atoms with Gasteiger partial charge in [-0.15, -0.1) is 0 Å². The second-order valence-electron chi connectivity index (χ2n) is 7.29. The summed E-state index contributed by atoms with van der Waals surface area (Å²) in [5.41, 5.74) is 2.10. The molecule has 0 atom stereocenters. The highest BCUT2D eigenvalue weighted by molar-refractivity contribution is 5.14. The lowest BCUT2D eigenvalue weighted by atomic mass is 9.77. The van der Waals surface area contributed by atoms with Gasteiger partial charge in [-0.1, -0.05) is 30.3 Å². The van der Waals surface area contributed by atoms with E-state index >= 15 is 0 Å². The van der Waals surface area contributed by atoms with E-state index in [0.717, 1.165) is 12.6 Å². The molecule has 21 heavy (non-hydrogen) atoms. The van der Waals surface area contributed by atoms with E-state index in [1.165, 1.54) is 64.1 Å². The van der Waals surface area contributed by atoms with Crippen LogP contribution >= 0.6 is 0 Å². The van der Waals surface area contributed by atoms with E-state index in [9.17, 15) is 0 Å². The minimum Gasteiger partial charge on any atom is -0.314 e. The number of nitrogens with one attached hydrogen (secondary N) is 1. The maximum atomic E-state index is 3.41. The van der Waals surface area contributed by atoms with E-state index in [0.29, 0.717) is 5.41 Å². The predicted octanol–water partition coefficient (Wildman–Crippen LogP) is 1.95. The third kappa shape index (κ3) is 2.87. The molecule has 3 heterocycles. The highest BCUT2D eigenvalue weighted by Crippen LogP contribution is 2.41. The molecule has 3 aliphatic rings. The van der Waals surface area contributed by atoms with Gasteiger partial charge in [0.25, 0.3) is 0 Å². The Morgan fingerprint density at radius 1 is 1.00 bits per heavy atom. The van der Waals surface area contributed by atoms with Gasteiger partial charge in [0.1, 0.15) is 0 Å². The molecule has 0 aromatic heterocycles. The molecule has 1 aromatic carbocycles. The van der Waals surface area contributed by atoms with E-state index < -0.39 is 0 Å². The zero-order valence-electron chi connectivity index (χ0n) is 12.9. The maximum absolute atomic E-state index is 3.41. The van der Waals surface area contributed by atoms with Crippen molar-refractivity contribution in [3.05, 3.63) is 35.9 Å². The summed E-state index contributed by atoms with van der Waals surface area (Å²) in [6.45, 7) is 8.83. The Morgan fingerprint density at radius 2 is 1.71 bits per heavy atom. The third-order valence-corrected chi connectivity index (χ3v) is 5.91. The molecule has 114 valence electrons. The lowest BCUT2D eigenvalue weighted by molar-refractivity contribution is 0.0885.